The SMILES string of the molecule is C=Cc1ccc(B2OCC(c3ccccc3)=NO2)cc1. The Bertz CT molecular complexity index is 623. The van der Waals surface area contributed by atoms with E-state index >= 15 is 0 Å². The Balaban J connectivity index is 1.74. The van der Waals surface area contributed by atoms with Crippen LogP contribution in [-0.2, 0) is 9.41 Å². The van der Waals surface area contributed by atoms with Crippen molar-refractivity contribution in [1.29, 1.82) is 0 Å². The van der Waals surface area contributed by atoms with Gasteiger partial charge in [0.15, 0.2) is 0 Å². The van der Waals surface area contributed by atoms with Crippen LogP contribution in [0.4, 0.5) is 0 Å². The molecule has 0 saturated carbocycles. The van der Waals surface area contributed by atoms with Gasteiger partial charge in [-0.3, -0.25) is 0 Å². The van der Waals surface area contributed by atoms with Crippen LogP contribution in [0.2, 0.25) is 0 Å². The van der Waals surface area contributed by atoms with E-state index in [4.69, 9.17) is 9.41 Å². The first-order chi connectivity index (χ1) is 9.86. The van der Waals surface area contributed by atoms with Gasteiger partial charge < -0.3 is 9.41 Å². The quantitative estimate of drug-likeness (QED) is 0.796. The summed E-state index contributed by atoms with van der Waals surface area (Å²) in [5, 5.41) is 4.17. The van der Waals surface area contributed by atoms with Crippen LogP contribution < -0.4 is 5.46 Å². The molecule has 0 bridgehead atoms. The third-order valence-electron chi connectivity index (χ3n) is 3.18. The maximum absolute atomic E-state index is 5.73. The smallest absolute Gasteiger partial charge is 0.426 e. The van der Waals surface area contributed by atoms with Crippen molar-refractivity contribution in [3.05, 3.63) is 72.3 Å². The third-order valence-corrected chi connectivity index (χ3v) is 3.18. The molecule has 0 aliphatic carbocycles. The van der Waals surface area contributed by atoms with Gasteiger partial charge in [0.05, 0.1) is 6.61 Å². The molecule has 1 heterocycles. The fourth-order valence-electron chi connectivity index (χ4n) is 2.04. The van der Waals surface area contributed by atoms with Crippen LogP contribution >= 0.6 is 0 Å². The van der Waals surface area contributed by atoms with Crippen molar-refractivity contribution >= 4 is 24.4 Å². The van der Waals surface area contributed by atoms with E-state index in [-0.39, 0.29) is 0 Å². The lowest BCUT2D eigenvalue weighted by molar-refractivity contribution is 0.214. The molecule has 0 amide bonds. The average Bonchev–Trinajstić information content (AvgIpc) is 2.56. The molecule has 1 aliphatic rings. The molecule has 0 fully saturated rings. The third kappa shape index (κ3) is 2.65. The highest BCUT2D eigenvalue weighted by molar-refractivity contribution is 6.61. The van der Waals surface area contributed by atoms with Gasteiger partial charge in [-0.25, -0.2) is 0 Å². The first kappa shape index (κ1) is 12.7. The van der Waals surface area contributed by atoms with Gasteiger partial charge in [-0.2, -0.15) is 0 Å². The Morgan fingerprint density at radius 1 is 1.05 bits per heavy atom. The first-order valence-corrected chi connectivity index (χ1v) is 6.49. The summed E-state index contributed by atoms with van der Waals surface area (Å²) >= 11 is 0. The highest BCUT2D eigenvalue weighted by Crippen LogP contribution is 2.09. The van der Waals surface area contributed by atoms with E-state index in [1.165, 1.54) is 0 Å². The van der Waals surface area contributed by atoms with Gasteiger partial charge in [-0.1, -0.05) is 67.3 Å². The first-order valence-electron chi connectivity index (χ1n) is 6.49. The Morgan fingerprint density at radius 2 is 1.80 bits per heavy atom. The van der Waals surface area contributed by atoms with E-state index in [0.29, 0.717) is 6.61 Å². The van der Waals surface area contributed by atoms with Crippen molar-refractivity contribution in [1.82, 2.24) is 0 Å². The molecule has 0 unspecified atom stereocenters. The van der Waals surface area contributed by atoms with Gasteiger partial charge in [0.2, 0.25) is 0 Å². The van der Waals surface area contributed by atoms with Gasteiger partial charge in [0, 0.05) is 5.56 Å². The summed E-state index contributed by atoms with van der Waals surface area (Å²) in [4.78, 5) is 0. The summed E-state index contributed by atoms with van der Waals surface area (Å²) in [6, 6.07) is 17.8. The lowest BCUT2D eigenvalue weighted by atomic mass is 9.78. The van der Waals surface area contributed by atoms with E-state index in [1.54, 1.807) is 6.08 Å². The highest BCUT2D eigenvalue weighted by atomic mass is 16.7. The fourth-order valence-corrected chi connectivity index (χ4v) is 2.04. The number of nitrogens with zero attached hydrogens (tertiary/aromatic N) is 1. The highest BCUT2D eigenvalue weighted by Gasteiger charge is 2.28. The van der Waals surface area contributed by atoms with E-state index < -0.39 is 7.12 Å². The second kappa shape index (κ2) is 5.76. The van der Waals surface area contributed by atoms with Gasteiger partial charge in [-0.05, 0) is 11.0 Å². The largest absolute Gasteiger partial charge is 0.585 e. The topological polar surface area (TPSA) is 30.8 Å². The van der Waals surface area contributed by atoms with E-state index in [1.807, 2.05) is 54.6 Å². The minimum Gasteiger partial charge on any atom is -0.426 e. The van der Waals surface area contributed by atoms with Crippen molar-refractivity contribution in [3.8, 4) is 0 Å². The monoisotopic (exact) mass is 263 g/mol. The molecule has 20 heavy (non-hydrogen) atoms. The zero-order valence-corrected chi connectivity index (χ0v) is 11.0. The Morgan fingerprint density at radius 3 is 2.40 bits per heavy atom. The van der Waals surface area contributed by atoms with Crippen molar-refractivity contribution in [2.75, 3.05) is 6.61 Å². The summed E-state index contributed by atoms with van der Waals surface area (Å²) in [5.74, 6) is 0. The van der Waals surface area contributed by atoms with Gasteiger partial charge in [0.25, 0.3) is 0 Å². The Hall–Kier alpha value is -2.33. The van der Waals surface area contributed by atoms with E-state index in [0.717, 1.165) is 22.3 Å². The maximum atomic E-state index is 5.73. The van der Waals surface area contributed by atoms with E-state index in [9.17, 15) is 0 Å². The summed E-state index contributed by atoms with van der Waals surface area (Å²) in [6.45, 7) is 4.17. The van der Waals surface area contributed by atoms with Crippen LogP contribution in [0.3, 0.4) is 0 Å². The number of hydrogen-bond acceptors (Lipinski definition) is 3. The van der Waals surface area contributed by atoms with E-state index in [2.05, 4.69) is 11.7 Å². The predicted octanol–water partition coefficient (Wildman–Crippen LogP) is 2.48. The van der Waals surface area contributed by atoms with Crippen LogP contribution in [0.1, 0.15) is 11.1 Å². The Kier molecular flexibility index (Phi) is 3.66. The molecule has 0 saturated heterocycles. The minimum absolute atomic E-state index is 0.442. The summed E-state index contributed by atoms with van der Waals surface area (Å²) in [6.07, 6.45) is 1.80. The summed E-state index contributed by atoms with van der Waals surface area (Å²) in [7, 11) is -0.443. The molecule has 3 nitrogen and oxygen atoms in total. The maximum Gasteiger partial charge on any atom is 0.585 e. The van der Waals surface area contributed by atoms with Crippen LogP contribution in [0, 0.1) is 0 Å². The lowest BCUT2D eigenvalue weighted by Gasteiger charge is -2.19. The van der Waals surface area contributed by atoms with Gasteiger partial charge in [-0.15, -0.1) is 5.16 Å². The molecule has 0 spiro atoms. The lowest BCUT2D eigenvalue weighted by Crippen LogP contribution is -2.40. The number of oxime groups is 1. The zero-order valence-electron chi connectivity index (χ0n) is 11.0. The Labute approximate surface area is 118 Å². The standard InChI is InChI=1S/C16H14BNO2/c1-2-13-8-10-15(11-9-13)17-19-12-16(18-20-17)14-6-4-3-5-7-14/h2-11H,1,12H2. The number of benzene rings is 2. The van der Waals surface area contributed by atoms with Crippen molar-refractivity contribution in [3.63, 3.8) is 0 Å². The molecule has 4 heteroatoms. The van der Waals surface area contributed by atoms with Crippen LogP contribution in [0.5, 0.6) is 0 Å². The van der Waals surface area contributed by atoms with Crippen molar-refractivity contribution < 1.29 is 9.41 Å². The molecule has 2 aromatic rings. The fraction of sp³-hybridized carbons (Fsp3) is 0.0625. The second-order valence-electron chi connectivity index (χ2n) is 4.52. The summed E-state index contributed by atoms with van der Waals surface area (Å²) in [5.41, 5.74) is 3.85. The van der Waals surface area contributed by atoms with Crippen molar-refractivity contribution in [2.24, 2.45) is 5.16 Å². The molecule has 3 rings (SSSR count). The van der Waals surface area contributed by atoms with Gasteiger partial charge >= 0.3 is 7.12 Å². The molecule has 0 radical (unpaired) electrons. The molecule has 0 atom stereocenters. The molecular formula is C16H14BNO2. The number of hydrogen-bond donors (Lipinski definition) is 0. The average molecular weight is 263 g/mol. The predicted molar refractivity (Wildman–Crippen MR) is 81.9 cm³/mol. The summed E-state index contributed by atoms with van der Waals surface area (Å²) < 4.78 is 11.2. The van der Waals surface area contributed by atoms with Crippen LogP contribution in [0.25, 0.3) is 6.08 Å². The molecule has 0 aromatic heterocycles. The minimum atomic E-state index is -0.443. The number of rotatable bonds is 3. The molecule has 2 aromatic carbocycles. The molecule has 1 aliphatic heterocycles. The second-order valence-corrected chi connectivity index (χ2v) is 4.52. The van der Waals surface area contributed by atoms with Gasteiger partial charge in [0.1, 0.15) is 5.71 Å². The van der Waals surface area contributed by atoms with Crippen LogP contribution in [0.15, 0.2) is 66.3 Å². The zero-order chi connectivity index (χ0) is 13.8. The van der Waals surface area contributed by atoms with Crippen molar-refractivity contribution in [2.45, 2.75) is 0 Å². The molecular weight excluding hydrogens is 249 g/mol. The normalized spacial score (nSPS) is 14.4. The molecule has 0 N–H and O–H groups in total. The van der Waals surface area contributed by atoms with Crippen LogP contribution in [-0.4, -0.2) is 19.4 Å². The molecule has 98 valence electrons.